The second kappa shape index (κ2) is 8.05. The molecule has 0 aliphatic heterocycles. The Bertz CT molecular complexity index is 1120. The van der Waals surface area contributed by atoms with E-state index >= 15 is 0 Å². The van der Waals surface area contributed by atoms with Gasteiger partial charge in [-0.2, -0.15) is 5.10 Å². The highest BCUT2D eigenvalue weighted by atomic mass is 16.5. The first-order valence-electron chi connectivity index (χ1n) is 9.17. The van der Waals surface area contributed by atoms with Gasteiger partial charge in [0.05, 0.1) is 30.9 Å². The van der Waals surface area contributed by atoms with Crippen molar-refractivity contribution in [2.75, 3.05) is 20.8 Å². The van der Waals surface area contributed by atoms with Crippen LogP contribution in [0.5, 0.6) is 11.5 Å². The van der Waals surface area contributed by atoms with Gasteiger partial charge in [-0.3, -0.25) is 9.89 Å². The average Bonchev–Trinajstić information content (AvgIpc) is 3.40. The van der Waals surface area contributed by atoms with Crippen molar-refractivity contribution >= 4 is 16.9 Å². The van der Waals surface area contributed by atoms with Crippen LogP contribution in [0, 0.1) is 0 Å². The minimum absolute atomic E-state index is 0.222. The number of ether oxygens (including phenoxy) is 2. The van der Waals surface area contributed by atoms with E-state index in [0.717, 1.165) is 22.4 Å². The normalized spacial score (nSPS) is 10.8. The maximum absolute atomic E-state index is 12.4. The molecule has 0 atom stereocenters. The third-order valence-corrected chi connectivity index (χ3v) is 4.59. The number of hydrogen-bond acceptors (Lipinski definition) is 5. The van der Waals surface area contributed by atoms with Crippen molar-refractivity contribution in [2.45, 2.75) is 6.42 Å². The summed E-state index contributed by atoms with van der Waals surface area (Å²) < 4.78 is 10.6. The number of fused-ring (bicyclic) bond motifs is 1. The zero-order valence-electron chi connectivity index (χ0n) is 16.2. The first kappa shape index (κ1) is 18.5. The third-order valence-electron chi connectivity index (χ3n) is 4.59. The minimum atomic E-state index is -0.222. The molecule has 0 saturated heterocycles. The summed E-state index contributed by atoms with van der Waals surface area (Å²) in [6, 6.07) is 15.0. The number of H-pyrrole nitrogens is 2. The molecule has 0 fully saturated rings. The summed E-state index contributed by atoms with van der Waals surface area (Å²) in [5.74, 6) is 1.85. The zero-order chi connectivity index (χ0) is 20.2. The lowest BCUT2D eigenvalue weighted by atomic mass is 10.1. The number of aromatic amines is 2. The van der Waals surface area contributed by atoms with Crippen molar-refractivity contribution in [3.8, 4) is 22.8 Å². The van der Waals surface area contributed by atoms with Crippen LogP contribution in [0.25, 0.3) is 22.3 Å². The van der Waals surface area contributed by atoms with E-state index < -0.39 is 0 Å². The monoisotopic (exact) mass is 391 g/mol. The Labute approximate surface area is 167 Å². The molecule has 0 radical (unpaired) electrons. The molecule has 2 heterocycles. The highest BCUT2D eigenvalue weighted by molar-refractivity contribution is 5.93. The Morgan fingerprint density at radius 1 is 1.07 bits per heavy atom. The van der Waals surface area contributed by atoms with E-state index in [4.69, 9.17) is 9.47 Å². The Balaban J connectivity index is 1.39. The molecule has 0 saturated carbocycles. The summed E-state index contributed by atoms with van der Waals surface area (Å²) in [4.78, 5) is 20.2. The molecule has 0 aliphatic rings. The Morgan fingerprint density at radius 2 is 1.90 bits per heavy atom. The first-order chi connectivity index (χ1) is 14.2. The maximum atomic E-state index is 12.4. The number of benzene rings is 2. The Hall–Kier alpha value is -3.81. The van der Waals surface area contributed by atoms with Crippen LogP contribution in [0.1, 0.15) is 16.3 Å². The van der Waals surface area contributed by atoms with Crippen LogP contribution in [-0.2, 0) is 6.42 Å². The van der Waals surface area contributed by atoms with Crippen LogP contribution in [0.3, 0.4) is 0 Å². The van der Waals surface area contributed by atoms with Gasteiger partial charge in [-0.1, -0.05) is 12.1 Å². The van der Waals surface area contributed by atoms with E-state index in [0.29, 0.717) is 35.9 Å². The minimum Gasteiger partial charge on any atom is -0.493 e. The molecule has 4 rings (SSSR count). The molecule has 0 bridgehead atoms. The molecule has 148 valence electrons. The van der Waals surface area contributed by atoms with Crippen LogP contribution in [0.2, 0.25) is 0 Å². The van der Waals surface area contributed by atoms with Crippen LogP contribution in [0.4, 0.5) is 0 Å². The second-order valence-electron chi connectivity index (χ2n) is 6.44. The Kier molecular flexibility index (Phi) is 5.15. The van der Waals surface area contributed by atoms with Gasteiger partial charge in [-0.05, 0) is 36.4 Å². The van der Waals surface area contributed by atoms with Gasteiger partial charge in [0, 0.05) is 18.5 Å². The van der Waals surface area contributed by atoms with E-state index in [-0.39, 0.29) is 5.91 Å². The summed E-state index contributed by atoms with van der Waals surface area (Å²) in [6.45, 7) is 0.462. The van der Waals surface area contributed by atoms with E-state index in [1.165, 1.54) is 0 Å². The van der Waals surface area contributed by atoms with Gasteiger partial charge in [-0.15, -0.1) is 0 Å². The van der Waals surface area contributed by atoms with Crippen molar-refractivity contribution in [1.29, 1.82) is 0 Å². The summed E-state index contributed by atoms with van der Waals surface area (Å²) in [5, 5.41) is 9.90. The number of amides is 1. The smallest absolute Gasteiger partial charge is 0.269 e. The lowest BCUT2D eigenvalue weighted by Crippen LogP contribution is -2.26. The zero-order valence-corrected chi connectivity index (χ0v) is 16.2. The fourth-order valence-corrected chi connectivity index (χ4v) is 3.10. The van der Waals surface area contributed by atoms with Crippen molar-refractivity contribution in [2.24, 2.45) is 0 Å². The van der Waals surface area contributed by atoms with E-state index in [2.05, 4.69) is 25.5 Å². The topological polar surface area (TPSA) is 105 Å². The molecule has 0 unspecified atom stereocenters. The van der Waals surface area contributed by atoms with Gasteiger partial charge < -0.3 is 19.8 Å². The predicted molar refractivity (Wildman–Crippen MR) is 109 cm³/mol. The summed E-state index contributed by atoms with van der Waals surface area (Å²) in [5.41, 5.74) is 3.76. The standard InChI is InChI=1S/C21H21N5O3/c1-28-18-8-7-13(11-19(18)29-2)16-12-17(26-25-16)21(27)22-10-9-20-23-14-5-3-4-6-15(14)24-20/h3-8,11-12H,9-10H2,1-2H3,(H,22,27)(H,23,24)(H,25,26). The molecule has 0 spiro atoms. The molecule has 8 heteroatoms. The molecule has 8 nitrogen and oxygen atoms in total. The predicted octanol–water partition coefficient (Wildman–Crippen LogP) is 2.94. The summed E-state index contributed by atoms with van der Waals surface area (Å²) in [7, 11) is 3.16. The molecular formula is C21H21N5O3. The van der Waals surface area contributed by atoms with Gasteiger partial charge >= 0.3 is 0 Å². The number of nitrogens with zero attached hydrogens (tertiary/aromatic N) is 2. The summed E-state index contributed by atoms with van der Waals surface area (Å²) >= 11 is 0. The number of hydrogen-bond donors (Lipinski definition) is 3. The van der Waals surface area contributed by atoms with Gasteiger partial charge in [0.25, 0.3) is 5.91 Å². The van der Waals surface area contributed by atoms with Crippen molar-refractivity contribution in [3.05, 3.63) is 60.0 Å². The average molecular weight is 391 g/mol. The number of carbonyl (C=O) groups is 1. The SMILES string of the molecule is COc1ccc(-c2cc(C(=O)NCCc3nc4ccccc4[nH]3)[nH]n2)cc1OC. The van der Waals surface area contributed by atoms with Crippen LogP contribution >= 0.6 is 0 Å². The largest absolute Gasteiger partial charge is 0.493 e. The highest BCUT2D eigenvalue weighted by Gasteiger charge is 2.13. The number of nitrogens with one attached hydrogen (secondary N) is 3. The number of aromatic nitrogens is 4. The molecule has 2 aromatic heterocycles. The van der Waals surface area contributed by atoms with Crippen molar-refractivity contribution in [1.82, 2.24) is 25.5 Å². The van der Waals surface area contributed by atoms with Crippen molar-refractivity contribution in [3.63, 3.8) is 0 Å². The van der Waals surface area contributed by atoms with E-state index in [1.54, 1.807) is 26.4 Å². The molecule has 4 aromatic rings. The lowest BCUT2D eigenvalue weighted by Gasteiger charge is -2.08. The van der Waals surface area contributed by atoms with Gasteiger partial charge in [-0.25, -0.2) is 4.98 Å². The lowest BCUT2D eigenvalue weighted by molar-refractivity contribution is 0.0949. The molecule has 29 heavy (non-hydrogen) atoms. The molecule has 2 aromatic carbocycles. The fraction of sp³-hybridized carbons (Fsp3) is 0.190. The van der Waals surface area contributed by atoms with Gasteiger partial charge in [0.1, 0.15) is 11.5 Å². The maximum Gasteiger partial charge on any atom is 0.269 e. The number of rotatable bonds is 7. The second-order valence-corrected chi connectivity index (χ2v) is 6.44. The number of para-hydroxylation sites is 2. The quantitative estimate of drug-likeness (QED) is 0.449. The van der Waals surface area contributed by atoms with E-state index in [9.17, 15) is 4.79 Å². The number of imidazole rings is 1. The number of carbonyl (C=O) groups excluding carboxylic acids is 1. The van der Waals surface area contributed by atoms with Crippen LogP contribution < -0.4 is 14.8 Å². The highest BCUT2D eigenvalue weighted by Crippen LogP contribution is 2.31. The third kappa shape index (κ3) is 3.91. The van der Waals surface area contributed by atoms with Crippen LogP contribution in [0.15, 0.2) is 48.5 Å². The molecule has 0 aliphatic carbocycles. The van der Waals surface area contributed by atoms with Crippen LogP contribution in [-0.4, -0.2) is 46.8 Å². The summed E-state index contributed by atoms with van der Waals surface area (Å²) in [6.07, 6.45) is 0.608. The van der Waals surface area contributed by atoms with Crippen molar-refractivity contribution < 1.29 is 14.3 Å². The first-order valence-corrected chi connectivity index (χ1v) is 9.17. The Morgan fingerprint density at radius 3 is 2.69 bits per heavy atom. The van der Waals surface area contributed by atoms with Gasteiger partial charge in [0.15, 0.2) is 11.5 Å². The van der Waals surface area contributed by atoms with Gasteiger partial charge in [0.2, 0.25) is 0 Å². The van der Waals surface area contributed by atoms with E-state index in [1.807, 2.05) is 36.4 Å². The number of methoxy groups -OCH3 is 2. The fourth-order valence-electron chi connectivity index (χ4n) is 3.10. The molecule has 3 N–H and O–H groups in total. The molecule has 1 amide bonds. The molecular weight excluding hydrogens is 370 g/mol.